The van der Waals surface area contributed by atoms with Crippen LogP contribution >= 0.6 is 15.9 Å². The number of hydrogen-bond acceptors (Lipinski definition) is 0. The highest BCUT2D eigenvalue weighted by Crippen LogP contribution is 2.50. The third-order valence-electron chi connectivity index (χ3n) is 9.50. The lowest BCUT2D eigenvalue weighted by molar-refractivity contribution is 1.34. The predicted molar refractivity (Wildman–Crippen MR) is 193 cm³/mol. The SMILES string of the molecule is C=C(C)c1c(-c2cccc(C)c2C)c(-c2cc3c(C)cccc3c3c(Br)cc4c(C)cccc4c23)cc2c(C)cccc12. The first kappa shape index (κ1) is 27.6. The number of allylic oxidation sites excluding steroid dienone is 1. The van der Waals surface area contributed by atoms with Gasteiger partial charge in [-0.25, -0.2) is 0 Å². The van der Waals surface area contributed by atoms with Crippen LogP contribution in [-0.4, -0.2) is 0 Å². The molecule has 0 nitrogen and oxygen atoms in total. The van der Waals surface area contributed by atoms with Crippen molar-refractivity contribution < 1.29 is 0 Å². The summed E-state index contributed by atoms with van der Waals surface area (Å²) in [5.41, 5.74) is 13.8. The van der Waals surface area contributed by atoms with Crippen molar-refractivity contribution in [1.29, 1.82) is 0 Å². The second-order valence-corrected chi connectivity index (χ2v) is 13.1. The van der Waals surface area contributed by atoms with Gasteiger partial charge in [0.25, 0.3) is 0 Å². The molecular weight excluding hydrogens is 584 g/mol. The minimum atomic E-state index is 1.08. The number of aryl methyl sites for hydroxylation is 4. The molecule has 0 aliphatic heterocycles. The van der Waals surface area contributed by atoms with Gasteiger partial charge >= 0.3 is 0 Å². The quantitative estimate of drug-likeness (QED) is 0.173. The largest absolute Gasteiger partial charge is 0.0955 e. The zero-order valence-electron chi connectivity index (χ0n) is 25.7. The summed E-state index contributed by atoms with van der Waals surface area (Å²) in [6.45, 7) is 17.9. The molecule has 0 unspecified atom stereocenters. The van der Waals surface area contributed by atoms with Gasteiger partial charge in [0.05, 0.1) is 0 Å². The first-order chi connectivity index (χ1) is 20.7. The molecule has 0 fully saturated rings. The Hall–Kier alpha value is -4.20. The van der Waals surface area contributed by atoms with E-state index in [9.17, 15) is 0 Å². The number of fused-ring (bicyclic) bond motifs is 6. The molecule has 0 amide bonds. The monoisotopic (exact) mass is 618 g/mol. The van der Waals surface area contributed by atoms with Crippen LogP contribution in [0, 0.1) is 34.6 Å². The van der Waals surface area contributed by atoms with Gasteiger partial charge in [0.1, 0.15) is 0 Å². The Kier molecular flexibility index (Phi) is 6.56. The van der Waals surface area contributed by atoms with Crippen LogP contribution in [0.3, 0.4) is 0 Å². The van der Waals surface area contributed by atoms with E-state index in [1.165, 1.54) is 98.7 Å². The molecule has 43 heavy (non-hydrogen) atoms. The zero-order valence-corrected chi connectivity index (χ0v) is 27.3. The minimum absolute atomic E-state index is 1.08. The van der Waals surface area contributed by atoms with E-state index in [2.05, 4.69) is 155 Å². The maximum absolute atomic E-state index is 4.57. The summed E-state index contributed by atoms with van der Waals surface area (Å²) in [4.78, 5) is 0. The van der Waals surface area contributed by atoms with Gasteiger partial charge in [0.2, 0.25) is 0 Å². The van der Waals surface area contributed by atoms with Crippen molar-refractivity contribution in [2.24, 2.45) is 0 Å². The fourth-order valence-electron chi connectivity index (χ4n) is 7.14. The topological polar surface area (TPSA) is 0 Å². The molecule has 1 heteroatoms. The second-order valence-electron chi connectivity index (χ2n) is 12.2. The van der Waals surface area contributed by atoms with Crippen molar-refractivity contribution >= 4 is 64.6 Å². The number of benzene rings is 7. The molecule has 0 aliphatic rings. The van der Waals surface area contributed by atoms with Gasteiger partial charge in [-0.3, -0.25) is 0 Å². The summed E-state index contributed by atoms with van der Waals surface area (Å²) in [6, 6.07) is 34.0. The first-order valence-electron chi connectivity index (χ1n) is 15.0. The molecular formula is C42H35Br. The minimum Gasteiger partial charge on any atom is -0.0955 e. The molecule has 0 N–H and O–H groups in total. The van der Waals surface area contributed by atoms with E-state index in [4.69, 9.17) is 0 Å². The Morgan fingerprint density at radius 2 is 1.00 bits per heavy atom. The van der Waals surface area contributed by atoms with Crippen LogP contribution in [0.15, 0.2) is 102 Å². The van der Waals surface area contributed by atoms with Crippen molar-refractivity contribution in [3.8, 4) is 22.3 Å². The van der Waals surface area contributed by atoms with Crippen LogP contribution in [0.2, 0.25) is 0 Å². The maximum atomic E-state index is 4.57. The first-order valence-corrected chi connectivity index (χ1v) is 15.8. The van der Waals surface area contributed by atoms with Crippen molar-refractivity contribution in [3.63, 3.8) is 0 Å². The van der Waals surface area contributed by atoms with Crippen molar-refractivity contribution in [1.82, 2.24) is 0 Å². The van der Waals surface area contributed by atoms with Gasteiger partial charge in [-0.2, -0.15) is 0 Å². The summed E-state index contributed by atoms with van der Waals surface area (Å²) < 4.78 is 1.13. The highest BCUT2D eigenvalue weighted by molar-refractivity contribution is 9.10. The van der Waals surface area contributed by atoms with Gasteiger partial charge in [0.15, 0.2) is 0 Å². The van der Waals surface area contributed by atoms with E-state index in [0.29, 0.717) is 0 Å². The second kappa shape index (κ2) is 10.2. The van der Waals surface area contributed by atoms with Crippen molar-refractivity contribution in [2.45, 2.75) is 41.5 Å². The fraction of sp³-hybridized carbons (Fsp3) is 0.143. The maximum Gasteiger partial charge on any atom is 0.0266 e. The molecule has 0 aliphatic carbocycles. The predicted octanol–water partition coefficient (Wildman–Crippen LogP) is 13.0. The van der Waals surface area contributed by atoms with Crippen LogP contribution < -0.4 is 0 Å². The Morgan fingerprint density at radius 3 is 1.63 bits per heavy atom. The van der Waals surface area contributed by atoms with Crippen molar-refractivity contribution in [3.05, 3.63) is 135 Å². The third-order valence-corrected chi connectivity index (χ3v) is 10.1. The van der Waals surface area contributed by atoms with Crippen LogP contribution in [0.1, 0.15) is 40.3 Å². The van der Waals surface area contributed by atoms with E-state index in [0.717, 1.165) is 10.0 Å². The van der Waals surface area contributed by atoms with Gasteiger partial charge in [-0.15, -0.1) is 0 Å². The van der Waals surface area contributed by atoms with Crippen molar-refractivity contribution in [2.75, 3.05) is 0 Å². The number of rotatable bonds is 3. The Labute approximate surface area is 262 Å². The lowest BCUT2D eigenvalue weighted by Gasteiger charge is -2.24. The van der Waals surface area contributed by atoms with E-state index in [-0.39, 0.29) is 0 Å². The molecule has 7 aromatic rings. The Balaban J connectivity index is 1.83. The molecule has 0 bridgehead atoms. The molecule has 7 aromatic carbocycles. The zero-order chi connectivity index (χ0) is 30.2. The average molecular weight is 620 g/mol. The molecule has 0 atom stereocenters. The Morgan fingerprint density at radius 1 is 0.512 bits per heavy atom. The van der Waals surface area contributed by atoms with Crippen LogP contribution in [0.4, 0.5) is 0 Å². The van der Waals surface area contributed by atoms with Gasteiger partial charge in [-0.05, 0) is 159 Å². The van der Waals surface area contributed by atoms with Crippen LogP contribution in [0.25, 0.3) is 70.9 Å². The fourth-order valence-corrected chi connectivity index (χ4v) is 7.78. The summed E-state index contributed by atoms with van der Waals surface area (Å²) >= 11 is 4.06. The number of hydrogen-bond donors (Lipinski definition) is 0. The molecule has 0 aromatic heterocycles. The van der Waals surface area contributed by atoms with Crippen LogP contribution in [-0.2, 0) is 0 Å². The molecule has 0 heterocycles. The highest BCUT2D eigenvalue weighted by Gasteiger charge is 2.23. The summed E-state index contributed by atoms with van der Waals surface area (Å²) in [5.74, 6) is 0. The van der Waals surface area contributed by atoms with Crippen LogP contribution in [0.5, 0.6) is 0 Å². The van der Waals surface area contributed by atoms with Gasteiger partial charge < -0.3 is 0 Å². The molecule has 7 rings (SSSR count). The van der Waals surface area contributed by atoms with Gasteiger partial charge in [0, 0.05) is 9.86 Å². The molecule has 0 saturated heterocycles. The number of halogens is 1. The average Bonchev–Trinajstić information content (AvgIpc) is 2.98. The highest BCUT2D eigenvalue weighted by atomic mass is 79.9. The summed E-state index contributed by atoms with van der Waals surface area (Å²) in [6.07, 6.45) is 0. The molecule has 210 valence electrons. The molecule has 0 radical (unpaired) electrons. The molecule has 0 saturated carbocycles. The lowest BCUT2D eigenvalue weighted by atomic mass is 9.79. The standard InChI is InChI=1S/C42H35Br/c1-23(2)39-30-17-9-13-25(4)33(30)20-36(40(39)29-16-8-12-24(3)28(29)7)37-21-34-26(5)14-11-19-32(34)42-38(43)22-35-27(6)15-10-18-31(35)41(37)42/h8-22H,1H2,2-7H3. The summed E-state index contributed by atoms with van der Waals surface area (Å²) in [7, 11) is 0. The van der Waals surface area contributed by atoms with E-state index >= 15 is 0 Å². The van der Waals surface area contributed by atoms with E-state index in [1.54, 1.807) is 0 Å². The normalized spacial score (nSPS) is 11.7. The van der Waals surface area contributed by atoms with E-state index in [1.807, 2.05) is 0 Å². The Bertz CT molecular complexity index is 2320. The lowest BCUT2D eigenvalue weighted by Crippen LogP contribution is -1.99. The molecule has 0 spiro atoms. The third kappa shape index (κ3) is 4.17. The van der Waals surface area contributed by atoms with E-state index < -0.39 is 0 Å². The smallest absolute Gasteiger partial charge is 0.0266 e. The van der Waals surface area contributed by atoms with Gasteiger partial charge in [-0.1, -0.05) is 95.3 Å². The summed E-state index contributed by atoms with van der Waals surface area (Å²) in [5, 5.41) is 10.2.